The van der Waals surface area contributed by atoms with Gasteiger partial charge in [-0.05, 0) is 24.8 Å². The van der Waals surface area contributed by atoms with Gasteiger partial charge in [-0.1, -0.05) is 19.4 Å². The van der Waals surface area contributed by atoms with E-state index in [0.29, 0.717) is 12.3 Å². The number of hydrogen-bond acceptors (Lipinski definition) is 4. The number of nitrogens with zero attached hydrogens (tertiary/aromatic N) is 1. The van der Waals surface area contributed by atoms with Crippen molar-refractivity contribution in [1.29, 1.82) is 0 Å². The van der Waals surface area contributed by atoms with E-state index in [9.17, 15) is 4.79 Å². The Bertz CT molecular complexity index is 517. The van der Waals surface area contributed by atoms with Crippen LogP contribution < -0.4 is 0 Å². The van der Waals surface area contributed by atoms with E-state index in [1.54, 1.807) is 18.3 Å². The number of aromatic amines is 1. The molecule has 1 N–H and O–H groups in total. The minimum absolute atomic E-state index is 0.347. The summed E-state index contributed by atoms with van der Waals surface area (Å²) < 4.78 is 5.03. The van der Waals surface area contributed by atoms with E-state index in [1.165, 1.54) is 0 Å². The van der Waals surface area contributed by atoms with E-state index in [4.69, 9.17) is 4.74 Å². The predicted octanol–water partition coefficient (Wildman–Crippen LogP) is 3.27. The Hall–Kier alpha value is -1.62. The Morgan fingerprint density at radius 1 is 1.50 bits per heavy atom. The van der Waals surface area contributed by atoms with Crippen molar-refractivity contribution >= 4 is 17.3 Å². The van der Waals surface area contributed by atoms with Crippen molar-refractivity contribution in [1.82, 2.24) is 9.97 Å². The van der Waals surface area contributed by atoms with Gasteiger partial charge in [-0.25, -0.2) is 9.78 Å². The van der Waals surface area contributed by atoms with Crippen LogP contribution in [0.2, 0.25) is 0 Å². The molecular weight excluding hydrogens is 248 g/mol. The van der Waals surface area contributed by atoms with E-state index in [2.05, 4.69) is 16.9 Å². The van der Waals surface area contributed by atoms with Gasteiger partial charge in [0, 0.05) is 5.69 Å². The summed E-state index contributed by atoms with van der Waals surface area (Å²) in [5.41, 5.74) is 1.28. The fraction of sp³-hybridized carbons (Fsp3) is 0.385. The van der Waals surface area contributed by atoms with Gasteiger partial charge in [0.05, 0.1) is 11.5 Å². The molecule has 2 aromatic rings. The number of aryl methyl sites for hydroxylation is 1. The Morgan fingerprint density at radius 2 is 2.33 bits per heavy atom. The van der Waals surface area contributed by atoms with Crippen molar-refractivity contribution in [2.45, 2.75) is 26.7 Å². The number of aromatic nitrogens is 2. The zero-order valence-electron chi connectivity index (χ0n) is 10.5. The number of nitrogens with one attached hydrogen (secondary N) is 1. The third-order valence-electron chi connectivity index (χ3n) is 2.50. The van der Waals surface area contributed by atoms with E-state index in [0.717, 1.165) is 29.2 Å². The zero-order valence-corrected chi connectivity index (χ0v) is 11.3. The summed E-state index contributed by atoms with van der Waals surface area (Å²) in [4.78, 5) is 20.4. The van der Waals surface area contributed by atoms with Crippen LogP contribution in [0.4, 0.5) is 0 Å². The normalized spacial score (nSPS) is 10.6. The van der Waals surface area contributed by atoms with Gasteiger partial charge in [0.25, 0.3) is 0 Å². The fourth-order valence-electron chi connectivity index (χ4n) is 1.74. The van der Waals surface area contributed by atoms with Crippen LogP contribution in [-0.4, -0.2) is 22.5 Å². The van der Waals surface area contributed by atoms with Crippen LogP contribution in [0.3, 0.4) is 0 Å². The zero-order chi connectivity index (χ0) is 13.0. The SMILES string of the molecule is CCCc1[nH]c(-c2cccs2)nc1C(=O)OCC. The predicted molar refractivity (Wildman–Crippen MR) is 71.9 cm³/mol. The molecule has 5 heteroatoms. The summed E-state index contributed by atoms with van der Waals surface area (Å²) in [6, 6.07) is 3.94. The number of carbonyl (C=O) groups is 1. The highest BCUT2D eigenvalue weighted by Gasteiger charge is 2.18. The van der Waals surface area contributed by atoms with Crippen LogP contribution in [0, 0.1) is 0 Å². The molecule has 0 aliphatic heterocycles. The summed E-state index contributed by atoms with van der Waals surface area (Å²) in [5.74, 6) is 0.400. The highest BCUT2D eigenvalue weighted by Crippen LogP contribution is 2.24. The molecule has 0 unspecified atom stereocenters. The third kappa shape index (κ3) is 2.61. The van der Waals surface area contributed by atoms with Gasteiger partial charge in [-0.2, -0.15) is 0 Å². The standard InChI is InChI=1S/C13H16N2O2S/c1-3-6-9-11(13(16)17-4-2)15-12(14-9)10-7-5-8-18-10/h5,7-8H,3-4,6H2,1-2H3,(H,14,15). The summed E-state index contributed by atoms with van der Waals surface area (Å²) >= 11 is 1.60. The lowest BCUT2D eigenvalue weighted by atomic mass is 10.2. The van der Waals surface area contributed by atoms with Crippen LogP contribution in [0.1, 0.15) is 36.5 Å². The molecule has 0 saturated heterocycles. The van der Waals surface area contributed by atoms with Gasteiger partial charge in [0.2, 0.25) is 0 Å². The van der Waals surface area contributed by atoms with Crippen LogP contribution in [0.15, 0.2) is 17.5 Å². The van der Waals surface area contributed by atoms with Gasteiger partial charge < -0.3 is 9.72 Å². The smallest absolute Gasteiger partial charge is 0.358 e. The van der Waals surface area contributed by atoms with Gasteiger partial charge in [-0.3, -0.25) is 0 Å². The fourth-order valence-corrected chi connectivity index (χ4v) is 2.41. The van der Waals surface area contributed by atoms with Crippen LogP contribution in [0.5, 0.6) is 0 Å². The van der Waals surface area contributed by atoms with Crippen molar-refractivity contribution in [2.24, 2.45) is 0 Å². The summed E-state index contributed by atoms with van der Waals surface area (Å²) in [6.45, 7) is 4.23. The molecule has 4 nitrogen and oxygen atoms in total. The number of thiophene rings is 1. The molecule has 2 heterocycles. The third-order valence-corrected chi connectivity index (χ3v) is 3.38. The number of carbonyl (C=O) groups excluding carboxylic acids is 1. The second-order valence-electron chi connectivity index (χ2n) is 3.86. The highest BCUT2D eigenvalue weighted by atomic mass is 32.1. The van der Waals surface area contributed by atoms with E-state index >= 15 is 0 Å². The molecule has 0 amide bonds. The van der Waals surface area contributed by atoms with Crippen LogP contribution >= 0.6 is 11.3 Å². The van der Waals surface area contributed by atoms with Crippen LogP contribution in [0.25, 0.3) is 10.7 Å². The number of ether oxygens (including phenoxy) is 1. The molecule has 2 rings (SSSR count). The molecule has 0 spiro atoms. The number of esters is 1. The minimum atomic E-state index is -0.347. The molecule has 0 fully saturated rings. The lowest BCUT2D eigenvalue weighted by Crippen LogP contribution is -2.08. The Labute approximate surface area is 110 Å². The molecule has 0 aliphatic carbocycles. The quantitative estimate of drug-likeness (QED) is 0.843. The lowest BCUT2D eigenvalue weighted by Gasteiger charge is -2.00. The van der Waals surface area contributed by atoms with Crippen molar-refractivity contribution in [3.05, 3.63) is 28.9 Å². The average Bonchev–Trinajstić information content (AvgIpc) is 2.97. The molecule has 0 radical (unpaired) electrons. The molecule has 0 atom stereocenters. The molecule has 96 valence electrons. The molecule has 18 heavy (non-hydrogen) atoms. The maximum absolute atomic E-state index is 11.8. The molecular formula is C13H16N2O2S. The second kappa shape index (κ2) is 5.82. The first kappa shape index (κ1) is 12.8. The van der Waals surface area contributed by atoms with Crippen molar-refractivity contribution < 1.29 is 9.53 Å². The van der Waals surface area contributed by atoms with Gasteiger partial charge in [-0.15, -0.1) is 11.3 Å². The lowest BCUT2D eigenvalue weighted by molar-refractivity contribution is 0.0519. The van der Waals surface area contributed by atoms with Gasteiger partial charge in [0.1, 0.15) is 5.82 Å². The van der Waals surface area contributed by atoms with Gasteiger partial charge >= 0.3 is 5.97 Å². The Morgan fingerprint density at radius 3 is 2.94 bits per heavy atom. The maximum atomic E-state index is 11.8. The largest absolute Gasteiger partial charge is 0.461 e. The van der Waals surface area contributed by atoms with E-state index < -0.39 is 0 Å². The number of imidazole rings is 1. The van der Waals surface area contributed by atoms with Gasteiger partial charge in [0.15, 0.2) is 5.69 Å². The molecule has 0 bridgehead atoms. The summed E-state index contributed by atoms with van der Waals surface area (Å²) in [7, 11) is 0. The average molecular weight is 264 g/mol. The Balaban J connectivity index is 2.35. The Kier molecular flexibility index (Phi) is 4.15. The number of rotatable bonds is 5. The second-order valence-corrected chi connectivity index (χ2v) is 4.81. The highest BCUT2D eigenvalue weighted by molar-refractivity contribution is 7.13. The number of H-pyrrole nitrogens is 1. The van der Waals surface area contributed by atoms with E-state index in [-0.39, 0.29) is 5.97 Å². The molecule has 0 aromatic carbocycles. The minimum Gasteiger partial charge on any atom is -0.461 e. The molecule has 2 aromatic heterocycles. The summed E-state index contributed by atoms with van der Waals surface area (Å²) in [6.07, 6.45) is 1.75. The first-order valence-electron chi connectivity index (χ1n) is 6.06. The monoisotopic (exact) mass is 264 g/mol. The van der Waals surface area contributed by atoms with Crippen molar-refractivity contribution in [3.8, 4) is 10.7 Å². The number of hydrogen-bond donors (Lipinski definition) is 1. The first-order chi connectivity index (χ1) is 8.76. The molecule has 0 aliphatic rings. The van der Waals surface area contributed by atoms with Crippen molar-refractivity contribution in [3.63, 3.8) is 0 Å². The maximum Gasteiger partial charge on any atom is 0.358 e. The van der Waals surface area contributed by atoms with Crippen molar-refractivity contribution in [2.75, 3.05) is 6.61 Å². The summed E-state index contributed by atoms with van der Waals surface area (Å²) in [5, 5.41) is 1.99. The molecule has 0 saturated carbocycles. The first-order valence-corrected chi connectivity index (χ1v) is 6.94. The topological polar surface area (TPSA) is 55.0 Å². The van der Waals surface area contributed by atoms with Crippen LogP contribution in [-0.2, 0) is 11.2 Å². The van der Waals surface area contributed by atoms with E-state index in [1.807, 2.05) is 17.5 Å².